The molecule has 3 rings (SSSR count). The number of hydrogen-bond donors (Lipinski definition) is 1. The number of aliphatic hydroxyl groups excluding tert-OH is 1. The molecule has 1 aromatic heterocycles. The molecule has 1 radical (unpaired) electrons. The molecule has 2 aromatic carbocycles. The summed E-state index contributed by atoms with van der Waals surface area (Å²) in [4.78, 5) is 11.6. The van der Waals surface area contributed by atoms with Crippen molar-refractivity contribution in [3.05, 3.63) is 66.4 Å². The molecule has 0 amide bonds. The summed E-state index contributed by atoms with van der Waals surface area (Å²) in [5.74, 6) is -0.0625. The molecule has 121 valence electrons. The van der Waals surface area contributed by atoms with Crippen molar-refractivity contribution in [2.45, 2.75) is 13.8 Å². The molecule has 0 spiro atoms. The van der Waals surface area contributed by atoms with Crippen LogP contribution < -0.4 is 0 Å². The number of aliphatic hydroxyl groups is 1. The Kier molecular flexibility index (Phi) is 7.32. The van der Waals surface area contributed by atoms with Crippen LogP contribution in [0, 0.1) is 6.07 Å². The van der Waals surface area contributed by atoms with Gasteiger partial charge in [-0.2, -0.15) is 39.3 Å². The van der Waals surface area contributed by atoms with Crippen LogP contribution in [0.25, 0.3) is 16.7 Å². The number of carbonyl (C=O) groups is 1. The van der Waals surface area contributed by atoms with Crippen molar-refractivity contribution in [3.8, 4) is 5.69 Å². The summed E-state index contributed by atoms with van der Waals surface area (Å²) in [7, 11) is 0. The van der Waals surface area contributed by atoms with Gasteiger partial charge in [0.05, 0.1) is 5.76 Å². The number of rotatable bonds is 2. The van der Waals surface area contributed by atoms with Gasteiger partial charge in [0.2, 0.25) is 0 Å². The van der Waals surface area contributed by atoms with Crippen LogP contribution in [0.5, 0.6) is 0 Å². The van der Waals surface area contributed by atoms with Crippen LogP contribution in [-0.2, 0) is 24.9 Å². The summed E-state index contributed by atoms with van der Waals surface area (Å²) in [5, 5.41) is 17.1. The van der Waals surface area contributed by atoms with Crippen LogP contribution in [0.2, 0.25) is 0 Å². The number of nitrogens with zero attached hydrogens (tertiary/aromatic N) is 3. The molecule has 0 aliphatic rings. The molecule has 0 atom stereocenters. The van der Waals surface area contributed by atoms with Crippen molar-refractivity contribution >= 4 is 16.8 Å². The monoisotopic (exact) mass is 487 g/mol. The molecular weight excluding hydrogens is 470 g/mol. The molecule has 3 aromatic rings. The van der Waals surface area contributed by atoms with E-state index in [1.165, 1.54) is 19.9 Å². The van der Waals surface area contributed by atoms with Crippen molar-refractivity contribution in [3.63, 3.8) is 0 Å². The van der Waals surface area contributed by atoms with E-state index in [4.69, 9.17) is 5.11 Å². The van der Waals surface area contributed by atoms with Crippen molar-refractivity contribution in [1.82, 2.24) is 15.0 Å². The molecule has 0 aliphatic heterocycles. The maximum atomic E-state index is 10.0. The van der Waals surface area contributed by atoms with E-state index in [1.807, 2.05) is 48.5 Å². The first kappa shape index (κ1) is 18.7. The molecule has 1 heterocycles. The van der Waals surface area contributed by atoms with Crippen LogP contribution in [0.15, 0.2) is 60.4 Å². The Balaban J connectivity index is 0.000000287. The molecule has 23 heavy (non-hydrogen) atoms. The molecule has 0 aliphatic carbocycles. The number of benzene rings is 2. The first-order chi connectivity index (χ1) is 10.6. The van der Waals surface area contributed by atoms with Crippen molar-refractivity contribution in [1.29, 1.82) is 0 Å². The Hall–Kier alpha value is -2.30. The number of para-hydroxylation sites is 1. The van der Waals surface area contributed by atoms with Crippen LogP contribution >= 0.6 is 0 Å². The first-order valence-electron chi connectivity index (χ1n) is 6.73. The maximum Gasteiger partial charge on any atom is 0.155 e. The predicted molar refractivity (Wildman–Crippen MR) is 84.8 cm³/mol. The maximum absolute atomic E-state index is 10.0. The van der Waals surface area contributed by atoms with Crippen LogP contribution in [0.1, 0.15) is 13.8 Å². The zero-order chi connectivity index (χ0) is 15.9. The van der Waals surface area contributed by atoms with E-state index in [0.29, 0.717) is 0 Å². The number of allylic oxidation sites excluding steroid dienone is 2. The quantitative estimate of drug-likeness (QED) is 0.343. The third-order valence-corrected chi connectivity index (χ3v) is 2.61. The minimum atomic E-state index is -0.125. The zero-order valence-corrected chi connectivity index (χ0v) is 15.1. The Morgan fingerprint density at radius 2 is 1.65 bits per heavy atom. The van der Waals surface area contributed by atoms with E-state index in [9.17, 15) is 4.79 Å². The van der Waals surface area contributed by atoms with Gasteiger partial charge in [-0.25, -0.2) is 0 Å². The number of ketones is 1. The van der Waals surface area contributed by atoms with E-state index < -0.39 is 0 Å². The van der Waals surface area contributed by atoms with Gasteiger partial charge in [0.25, 0.3) is 0 Å². The van der Waals surface area contributed by atoms with Gasteiger partial charge in [0.15, 0.2) is 5.78 Å². The number of fused-ring (bicyclic) bond motifs is 1. The molecular formula is C17H16IrN3O2-. The van der Waals surface area contributed by atoms with E-state index in [-0.39, 0.29) is 31.6 Å². The Morgan fingerprint density at radius 1 is 1.09 bits per heavy atom. The summed E-state index contributed by atoms with van der Waals surface area (Å²) >= 11 is 0. The topological polar surface area (TPSA) is 68.0 Å². The summed E-state index contributed by atoms with van der Waals surface area (Å²) in [6.07, 6.45) is 1.17. The van der Waals surface area contributed by atoms with Gasteiger partial charge in [-0.1, -0.05) is 12.1 Å². The third-order valence-electron chi connectivity index (χ3n) is 2.61. The van der Waals surface area contributed by atoms with E-state index in [2.05, 4.69) is 16.3 Å². The fourth-order valence-corrected chi connectivity index (χ4v) is 1.77. The summed E-state index contributed by atoms with van der Waals surface area (Å²) in [6, 6.07) is 18.5. The van der Waals surface area contributed by atoms with Gasteiger partial charge in [-0.3, -0.25) is 4.79 Å². The molecule has 5 nitrogen and oxygen atoms in total. The fraction of sp³-hybridized carbons (Fsp3) is 0.118. The minimum Gasteiger partial charge on any atom is -0.512 e. The number of aromatic nitrogens is 3. The van der Waals surface area contributed by atoms with Crippen molar-refractivity contribution in [2.24, 2.45) is 0 Å². The molecule has 0 fully saturated rings. The molecule has 0 saturated carbocycles. The number of hydrogen-bond acceptors (Lipinski definition) is 4. The van der Waals surface area contributed by atoms with E-state index in [1.54, 1.807) is 4.80 Å². The molecule has 1 N–H and O–H groups in total. The van der Waals surface area contributed by atoms with Crippen LogP contribution in [-0.4, -0.2) is 25.9 Å². The SMILES string of the molecule is CC(=O)/C=C(/C)O.[Ir].[c-]1ccccc1-n1nc2ccccc2n1. The van der Waals surface area contributed by atoms with E-state index >= 15 is 0 Å². The second-order valence-electron chi connectivity index (χ2n) is 4.62. The largest absolute Gasteiger partial charge is 0.512 e. The van der Waals surface area contributed by atoms with Gasteiger partial charge < -0.3 is 5.11 Å². The van der Waals surface area contributed by atoms with Crippen molar-refractivity contribution in [2.75, 3.05) is 0 Å². The Labute approximate surface area is 148 Å². The van der Waals surface area contributed by atoms with Gasteiger partial charge in [0, 0.05) is 26.2 Å². The van der Waals surface area contributed by atoms with Crippen LogP contribution in [0.3, 0.4) is 0 Å². The molecule has 0 unspecified atom stereocenters. The third kappa shape index (κ3) is 5.77. The van der Waals surface area contributed by atoms with Gasteiger partial charge in [0.1, 0.15) is 11.0 Å². The Morgan fingerprint density at radius 3 is 2.04 bits per heavy atom. The fourth-order valence-electron chi connectivity index (χ4n) is 1.77. The van der Waals surface area contributed by atoms with Crippen LogP contribution in [0.4, 0.5) is 0 Å². The summed E-state index contributed by atoms with van der Waals surface area (Å²) in [6.45, 7) is 2.85. The summed E-state index contributed by atoms with van der Waals surface area (Å²) < 4.78 is 0. The standard InChI is InChI=1S/C12H8N3.C5H8O2.Ir/c1-2-6-10(7-3-1)15-13-11-8-4-5-9-12(11)14-15;1-4(6)3-5(2)7;/h1-6,8-9H;3,6H,1-2H3;/q-1;;/b;4-3-;. The average molecular weight is 487 g/mol. The molecule has 6 heteroatoms. The van der Waals surface area contributed by atoms with Gasteiger partial charge >= 0.3 is 0 Å². The normalized spacial score (nSPS) is 10.4. The molecule has 0 bridgehead atoms. The van der Waals surface area contributed by atoms with Crippen molar-refractivity contribution < 1.29 is 30.0 Å². The predicted octanol–water partition coefficient (Wildman–Crippen LogP) is 3.26. The first-order valence-corrected chi connectivity index (χ1v) is 6.73. The Bertz CT molecular complexity index is 761. The minimum absolute atomic E-state index is 0. The second-order valence-corrected chi connectivity index (χ2v) is 4.62. The smallest absolute Gasteiger partial charge is 0.155 e. The average Bonchev–Trinajstić information content (AvgIpc) is 2.91. The number of carbonyl (C=O) groups excluding carboxylic acids is 1. The summed E-state index contributed by atoms with van der Waals surface area (Å²) in [5.41, 5.74) is 2.65. The molecule has 0 saturated heterocycles. The zero-order valence-electron chi connectivity index (χ0n) is 12.7. The van der Waals surface area contributed by atoms with Gasteiger partial charge in [-0.05, 0) is 31.7 Å². The van der Waals surface area contributed by atoms with Gasteiger partial charge in [-0.15, -0.1) is 6.07 Å². The second kappa shape index (κ2) is 8.98. The van der Waals surface area contributed by atoms with E-state index in [0.717, 1.165) is 16.7 Å².